The maximum Gasteiger partial charge on any atom is 0.225 e. The number of nitriles is 1. The SMILES string of the molecule is CN(CCC#N)C(=O)C1CC1. The fourth-order valence-electron chi connectivity index (χ4n) is 0.970. The van der Waals surface area contributed by atoms with E-state index in [0.29, 0.717) is 13.0 Å². The second-order valence-electron chi connectivity index (χ2n) is 2.94. The van der Waals surface area contributed by atoms with Crippen LogP contribution in [0.15, 0.2) is 0 Å². The van der Waals surface area contributed by atoms with Crippen LogP contribution in [-0.4, -0.2) is 24.4 Å². The van der Waals surface area contributed by atoms with Gasteiger partial charge >= 0.3 is 0 Å². The highest BCUT2D eigenvalue weighted by Crippen LogP contribution is 2.30. The lowest BCUT2D eigenvalue weighted by Gasteiger charge is -2.14. The van der Waals surface area contributed by atoms with Crippen LogP contribution in [0.2, 0.25) is 0 Å². The molecule has 1 aliphatic carbocycles. The Labute approximate surface area is 66.6 Å². The number of amides is 1. The van der Waals surface area contributed by atoms with E-state index in [0.717, 1.165) is 12.8 Å². The standard InChI is InChI=1S/C8H12N2O/c1-10(6-2-5-9)8(11)7-3-4-7/h7H,2-4,6H2,1H3. The topological polar surface area (TPSA) is 44.1 Å². The Morgan fingerprint density at radius 3 is 2.82 bits per heavy atom. The lowest BCUT2D eigenvalue weighted by Crippen LogP contribution is -2.28. The fourth-order valence-corrected chi connectivity index (χ4v) is 0.970. The van der Waals surface area contributed by atoms with Crippen LogP contribution in [0.25, 0.3) is 0 Å². The molecule has 0 spiro atoms. The largest absolute Gasteiger partial charge is 0.344 e. The molecule has 11 heavy (non-hydrogen) atoms. The summed E-state index contributed by atoms with van der Waals surface area (Å²) in [6, 6.07) is 2.02. The molecule has 0 aliphatic heterocycles. The zero-order valence-electron chi connectivity index (χ0n) is 6.71. The van der Waals surface area contributed by atoms with E-state index >= 15 is 0 Å². The quantitative estimate of drug-likeness (QED) is 0.599. The predicted molar refractivity (Wildman–Crippen MR) is 40.6 cm³/mol. The summed E-state index contributed by atoms with van der Waals surface area (Å²) in [5.74, 6) is 0.485. The molecular formula is C8H12N2O. The number of nitrogens with zero attached hydrogens (tertiary/aromatic N) is 2. The third-order valence-electron chi connectivity index (χ3n) is 1.86. The van der Waals surface area contributed by atoms with Gasteiger partial charge in [-0.05, 0) is 12.8 Å². The number of carbonyl (C=O) groups excluding carboxylic acids is 1. The van der Waals surface area contributed by atoms with E-state index in [2.05, 4.69) is 0 Å². The van der Waals surface area contributed by atoms with Gasteiger partial charge in [-0.25, -0.2) is 0 Å². The highest BCUT2D eigenvalue weighted by atomic mass is 16.2. The number of hydrogen-bond acceptors (Lipinski definition) is 2. The Bertz CT molecular complexity index is 191. The van der Waals surface area contributed by atoms with Gasteiger partial charge in [0.25, 0.3) is 0 Å². The lowest BCUT2D eigenvalue weighted by atomic mass is 10.3. The summed E-state index contributed by atoms with van der Waals surface area (Å²) in [6.07, 6.45) is 2.51. The minimum Gasteiger partial charge on any atom is -0.344 e. The molecule has 0 N–H and O–H groups in total. The summed E-state index contributed by atoms with van der Waals surface area (Å²) in [6.45, 7) is 0.575. The van der Waals surface area contributed by atoms with E-state index < -0.39 is 0 Å². The molecule has 60 valence electrons. The van der Waals surface area contributed by atoms with E-state index in [9.17, 15) is 4.79 Å². The minimum absolute atomic E-state index is 0.209. The highest BCUT2D eigenvalue weighted by molar-refractivity contribution is 5.80. The highest BCUT2D eigenvalue weighted by Gasteiger charge is 2.31. The molecule has 1 aliphatic rings. The normalized spacial score (nSPS) is 15.6. The van der Waals surface area contributed by atoms with Gasteiger partial charge < -0.3 is 4.90 Å². The van der Waals surface area contributed by atoms with Gasteiger partial charge in [0.05, 0.1) is 12.5 Å². The second kappa shape index (κ2) is 3.38. The van der Waals surface area contributed by atoms with Gasteiger partial charge in [0, 0.05) is 19.5 Å². The van der Waals surface area contributed by atoms with Crippen molar-refractivity contribution in [2.24, 2.45) is 5.92 Å². The van der Waals surface area contributed by atoms with Crippen molar-refractivity contribution in [3.05, 3.63) is 0 Å². The molecule has 3 nitrogen and oxygen atoms in total. The fraction of sp³-hybridized carbons (Fsp3) is 0.750. The van der Waals surface area contributed by atoms with Crippen LogP contribution in [0, 0.1) is 17.2 Å². The van der Waals surface area contributed by atoms with E-state index in [-0.39, 0.29) is 11.8 Å². The van der Waals surface area contributed by atoms with Crippen LogP contribution in [-0.2, 0) is 4.79 Å². The third-order valence-corrected chi connectivity index (χ3v) is 1.86. The van der Waals surface area contributed by atoms with Crippen LogP contribution in [0.4, 0.5) is 0 Å². The van der Waals surface area contributed by atoms with Gasteiger partial charge in [-0.15, -0.1) is 0 Å². The van der Waals surface area contributed by atoms with Crippen molar-refractivity contribution in [3.8, 4) is 6.07 Å². The van der Waals surface area contributed by atoms with Crippen molar-refractivity contribution < 1.29 is 4.79 Å². The van der Waals surface area contributed by atoms with Crippen molar-refractivity contribution in [1.29, 1.82) is 5.26 Å². The molecule has 1 amide bonds. The van der Waals surface area contributed by atoms with E-state index in [1.54, 1.807) is 11.9 Å². The van der Waals surface area contributed by atoms with Gasteiger partial charge in [0.1, 0.15) is 0 Å². The molecular weight excluding hydrogens is 140 g/mol. The number of carbonyl (C=O) groups is 1. The number of hydrogen-bond donors (Lipinski definition) is 0. The average molecular weight is 152 g/mol. The van der Waals surface area contributed by atoms with E-state index in [1.165, 1.54) is 0 Å². The Hall–Kier alpha value is -1.04. The zero-order chi connectivity index (χ0) is 8.27. The van der Waals surface area contributed by atoms with Gasteiger partial charge in [-0.1, -0.05) is 0 Å². The monoisotopic (exact) mass is 152 g/mol. The van der Waals surface area contributed by atoms with Gasteiger partial charge in [-0.3, -0.25) is 4.79 Å². The van der Waals surface area contributed by atoms with Crippen LogP contribution in [0.1, 0.15) is 19.3 Å². The summed E-state index contributed by atoms with van der Waals surface area (Å²) in [5.41, 5.74) is 0. The zero-order valence-corrected chi connectivity index (χ0v) is 6.71. The van der Waals surface area contributed by atoms with Crippen molar-refractivity contribution in [2.75, 3.05) is 13.6 Å². The molecule has 0 aromatic heterocycles. The summed E-state index contributed by atoms with van der Waals surface area (Å²) in [7, 11) is 1.76. The maximum atomic E-state index is 11.2. The van der Waals surface area contributed by atoms with Crippen LogP contribution < -0.4 is 0 Å². The summed E-state index contributed by atoms with van der Waals surface area (Å²) < 4.78 is 0. The first-order chi connectivity index (χ1) is 5.25. The molecule has 0 radical (unpaired) electrons. The first-order valence-electron chi connectivity index (χ1n) is 3.87. The van der Waals surface area contributed by atoms with E-state index in [1.807, 2.05) is 6.07 Å². The molecule has 0 heterocycles. The second-order valence-corrected chi connectivity index (χ2v) is 2.94. The Morgan fingerprint density at radius 1 is 1.73 bits per heavy atom. The molecule has 3 heteroatoms. The van der Waals surface area contributed by atoms with Crippen molar-refractivity contribution in [1.82, 2.24) is 4.90 Å². The Morgan fingerprint density at radius 2 is 2.36 bits per heavy atom. The molecule has 1 rings (SSSR count). The Kier molecular flexibility index (Phi) is 2.48. The molecule has 1 fully saturated rings. The van der Waals surface area contributed by atoms with Gasteiger partial charge in [-0.2, -0.15) is 5.26 Å². The maximum absolute atomic E-state index is 11.2. The molecule has 0 bridgehead atoms. The molecule has 1 saturated carbocycles. The summed E-state index contributed by atoms with van der Waals surface area (Å²) >= 11 is 0. The van der Waals surface area contributed by atoms with Gasteiger partial charge in [0.2, 0.25) is 5.91 Å². The smallest absolute Gasteiger partial charge is 0.225 e. The molecule has 0 aromatic rings. The van der Waals surface area contributed by atoms with Crippen LogP contribution >= 0.6 is 0 Å². The molecule has 0 aromatic carbocycles. The van der Waals surface area contributed by atoms with Crippen LogP contribution in [0.3, 0.4) is 0 Å². The lowest BCUT2D eigenvalue weighted by molar-refractivity contribution is -0.131. The van der Waals surface area contributed by atoms with Crippen molar-refractivity contribution in [3.63, 3.8) is 0 Å². The van der Waals surface area contributed by atoms with E-state index in [4.69, 9.17) is 5.26 Å². The summed E-state index contributed by atoms with van der Waals surface area (Å²) in [5, 5.41) is 8.26. The third kappa shape index (κ3) is 2.23. The molecule has 0 atom stereocenters. The Balaban J connectivity index is 2.23. The average Bonchev–Trinajstić information content (AvgIpc) is 2.81. The van der Waals surface area contributed by atoms with Crippen molar-refractivity contribution in [2.45, 2.75) is 19.3 Å². The minimum atomic E-state index is 0.209. The predicted octanol–water partition coefficient (Wildman–Crippen LogP) is 0.768. The van der Waals surface area contributed by atoms with Gasteiger partial charge in [0.15, 0.2) is 0 Å². The first-order valence-corrected chi connectivity index (χ1v) is 3.87. The number of rotatable bonds is 3. The van der Waals surface area contributed by atoms with Crippen molar-refractivity contribution >= 4 is 5.91 Å². The molecule has 0 unspecified atom stereocenters. The molecule has 0 saturated heterocycles. The van der Waals surface area contributed by atoms with Crippen LogP contribution in [0.5, 0.6) is 0 Å². The first kappa shape index (κ1) is 8.06. The summed E-state index contributed by atoms with van der Waals surface area (Å²) in [4.78, 5) is 12.9.